The van der Waals surface area contributed by atoms with Crippen LogP contribution in [0.25, 0.3) is 16.9 Å². The van der Waals surface area contributed by atoms with Gasteiger partial charge in [0.1, 0.15) is 0 Å². The number of aromatic nitrogens is 3. The second-order valence-electron chi connectivity index (χ2n) is 6.40. The summed E-state index contributed by atoms with van der Waals surface area (Å²) in [5.74, 6) is 0.253. The van der Waals surface area contributed by atoms with Gasteiger partial charge in [-0.25, -0.2) is 4.79 Å². The molecule has 4 rings (SSSR count). The first-order valence-corrected chi connectivity index (χ1v) is 8.76. The number of nitrogens with one attached hydrogen (secondary N) is 2. The van der Waals surface area contributed by atoms with Crippen LogP contribution in [-0.2, 0) is 6.18 Å². The third-order valence-corrected chi connectivity index (χ3v) is 4.34. The highest BCUT2D eigenvalue weighted by Crippen LogP contribution is 2.30. The number of hydrogen-bond acceptors (Lipinski definition) is 4. The molecule has 152 valence electrons. The second kappa shape index (κ2) is 7.39. The molecule has 4 aromatic rings. The summed E-state index contributed by atoms with van der Waals surface area (Å²) in [7, 11) is 0. The summed E-state index contributed by atoms with van der Waals surface area (Å²) in [4.78, 5) is 12.1. The van der Waals surface area contributed by atoms with Gasteiger partial charge in [0.2, 0.25) is 5.95 Å². The normalized spacial score (nSPS) is 11.4. The minimum absolute atomic E-state index is 0.0358. The number of nitrogens with zero attached hydrogens (tertiary/aromatic N) is 3. The van der Waals surface area contributed by atoms with Crippen LogP contribution >= 0.6 is 0 Å². The van der Waals surface area contributed by atoms with Crippen molar-refractivity contribution in [1.82, 2.24) is 14.6 Å². The minimum Gasteiger partial charge on any atom is -0.368 e. The third kappa shape index (κ3) is 3.88. The Hall–Kier alpha value is -4.08. The molecule has 0 aliphatic heterocycles. The number of halogens is 3. The van der Waals surface area contributed by atoms with Crippen molar-refractivity contribution in [3.05, 3.63) is 72.3 Å². The van der Waals surface area contributed by atoms with Gasteiger partial charge in [0.25, 0.3) is 0 Å². The first-order valence-electron chi connectivity index (χ1n) is 8.76. The highest BCUT2D eigenvalue weighted by atomic mass is 19.4. The molecule has 0 radical (unpaired) electrons. The molecule has 4 N–H and O–H groups in total. The maximum Gasteiger partial charge on any atom is 0.416 e. The standard InChI is InChI=1S/C20H15F3N6O/c21-20(22,23)13-3-1-4-15(11-13)26-19(30)25-14-9-7-12(8-10-14)16-5-2-6-17-27-28-18(24)29(16)17/h1-11H,(H2,24,28)(H2,25,26,30). The van der Waals surface area contributed by atoms with Gasteiger partial charge in [-0.2, -0.15) is 13.2 Å². The topological polar surface area (TPSA) is 97.3 Å². The van der Waals surface area contributed by atoms with Crippen molar-refractivity contribution in [2.75, 3.05) is 16.4 Å². The van der Waals surface area contributed by atoms with Crippen LogP contribution in [-0.4, -0.2) is 20.6 Å². The van der Waals surface area contributed by atoms with Gasteiger partial charge in [0.05, 0.1) is 11.3 Å². The highest BCUT2D eigenvalue weighted by Gasteiger charge is 2.30. The van der Waals surface area contributed by atoms with Crippen LogP contribution < -0.4 is 16.4 Å². The van der Waals surface area contributed by atoms with E-state index in [1.165, 1.54) is 12.1 Å². The van der Waals surface area contributed by atoms with Gasteiger partial charge >= 0.3 is 12.2 Å². The maximum atomic E-state index is 12.8. The Morgan fingerprint density at radius 1 is 0.900 bits per heavy atom. The average molecular weight is 412 g/mol. The van der Waals surface area contributed by atoms with E-state index in [1.807, 2.05) is 12.1 Å². The summed E-state index contributed by atoms with van der Waals surface area (Å²) >= 11 is 0. The molecule has 0 aliphatic carbocycles. The number of nitrogen functional groups attached to an aromatic ring is 1. The first kappa shape index (κ1) is 19.2. The molecular formula is C20H15F3N6O. The zero-order valence-electron chi connectivity index (χ0n) is 15.3. The van der Waals surface area contributed by atoms with E-state index in [9.17, 15) is 18.0 Å². The van der Waals surface area contributed by atoms with Crippen LogP contribution in [0.2, 0.25) is 0 Å². The summed E-state index contributed by atoms with van der Waals surface area (Å²) in [5, 5.41) is 12.8. The number of carbonyl (C=O) groups excluding carboxylic acids is 1. The van der Waals surface area contributed by atoms with Crippen LogP contribution in [0.15, 0.2) is 66.7 Å². The second-order valence-corrected chi connectivity index (χ2v) is 6.40. The van der Waals surface area contributed by atoms with E-state index in [1.54, 1.807) is 34.7 Å². The number of amides is 2. The molecule has 2 aromatic carbocycles. The number of rotatable bonds is 3. The third-order valence-electron chi connectivity index (χ3n) is 4.34. The SMILES string of the molecule is Nc1nnc2cccc(-c3ccc(NC(=O)Nc4cccc(C(F)(F)F)c4)cc3)n12. The average Bonchev–Trinajstić information content (AvgIpc) is 3.09. The molecule has 0 saturated heterocycles. The van der Waals surface area contributed by atoms with Crippen LogP contribution in [0.5, 0.6) is 0 Å². The molecule has 0 bridgehead atoms. The quantitative estimate of drug-likeness (QED) is 0.457. The molecule has 0 unspecified atom stereocenters. The number of alkyl halides is 3. The van der Waals surface area contributed by atoms with Crippen LogP contribution in [0.4, 0.5) is 35.3 Å². The molecule has 0 aliphatic rings. The number of benzene rings is 2. The van der Waals surface area contributed by atoms with Gasteiger partial charge in [-0.15, -0.1) is 10.2 Å². The van der Waals surface area contributed by atoms with Gasteiger partial charge in [-0.05, 0) is 48.0 Å². The number of anilines is 3. The smallest absolute Gasteiger partial charge is 0.368 e. The van der Waals surface area contributed by atoms with Gasteiger partial charge in [0, 0.05) is 11.4 Å². The van der Waals surface area contributed by atoms with Crippen LogP contribution in [0.3, 0.4) is 0 Å². The molecule has 7 nitrogen and oxygen atoms in total. The molecule has 0 fully saturated rings. The zero-order valence-corrected chi connectivity index (χ0v) is 15.3. The summed E-state index contributed by atoms with van der Waals surface area (Å²) in [6, 6.07) is 16.1. The molecule has 10 heteroatoms. The van der Waals surface area contributed by atoms with E-state index >= 15 is 0 Å². The lowest BCUT2D eigenvalue weighted by atomic mass is 10.1. The van der Waals surface area contributed by atoms with E-state index in [2.05, 4.69) is 20.8 Å². The van der Waals surface area contributed by atoms with Crippen molar-refractivity contribution in [3.8, 4) is 11.3 Å². The molecule has 30 heavy (non-hydrogen) atoms. The van der Waals surface area contributed by atoms with E-state index in [4.69, 9.17) is 5.73 Å². The van der Waals surface area contributed by atoms with Crippen LogP contribution in [0.1, 0.15) is 5.56 Å². The Labute approximate surface area is 168 Å². The lowest BCUT2D eigenvalue weighted by Gasteiger charge is -2.11. The Morgan fingerprint density at radius 3 is 2.33 bits per heavy atom. The largest absolute Gasteiger partial charge is 0.416 e. The lowest BCUT2D eigenvalue weighted by molar-refractivity contribution is -0.137. The highest BCUT2D eigenvalue weighted by molar-refractivity contribution is 5.99. The summed E-state index contributed by atoms with van der Waals surface area (Å²) in [5.41, 5.74) is 7.73. The van der Waals surface area contributed by atoms with Crippen molar-refractivity contribution in [3.63, 3.8) is 0 Å². The maximum absolute atomic E-state index is 12.8. The minimum atomic E-state index is -4.49. The number of pyridine rings is 1. The number of urea groups is 1. The Kier molecular flexibility index (Phi) is 4.74. The lowest BCUT2D eigenvalue weighted by Crippen LogP contribution is -2.19. The fourth-order valence-electron chi connectivity index (χ4n) is 2.98. The summed E-state index contributed by atoms with van der Waals surface area (Å²) < 4.78 is 40.1. The van der Waals surface area contributed by atoms with E-state index in [0.717, 1.165) is 23.4 Å². The molecule has 2 heterocycles. The van der Waals surface area contributed by atoms with E-state index in [-0.39, 0.29) is 11.6 Å². The van der Waals surface area contributed by atoms with Gasteiger partial charge in [0.15, 0.2) is 5.65 Å². The number of nitrogens with two attached hydrogens (primary N) is 1. The molecule has 2 amide bonds. The van der Waals surface area contributed by atoms with Crippen LogP contribution in [0, 0.1) is 0 Å². The predicted octanol–water partition coefficient (Wildman–Crippen LogP) is 4.64. The van der Waals surface area contributed by atoms with E-state index in [0.29, 0.717) is 11.3 Å². The summed E-state index contributed by atoms with van der Waals surface area (Å²) in [6.45, 7) is 0. The molecule has 0 saturated carbocycles. The van der Waals surface area contributed by atoms with E-state index < -0.39 is 17.8 Å². The summed E-state index contributed by atoms with van der Waals surface area (Å²) in [6.07, 6.45) is -4.49. The monoisotopic (exact) mass is 412 g/mol. The van der Waals surface area contributed by atoms with Gasteiger partial charge in [-0.3, -0.25) is 4.40 Å². The fraction of sp³-hybridized carbons (Fsp3) is 0.0500. The van der Waals surface area contributed by atoms with Gasteiger partial charge < -0.3 is 16.4 Å². The number of carbonyl (C=O) groups is 1. The van der Waals surface area contributed by atoms with Crippen molar-refractivity contribution >= 4 is 29.0 Å². The Balaban J connectivity index is 1.49. The molecule has 2 aromatic heterocycles. The Bertz CT molecular complexity index is 1220. The van der Waals surface area contributed by atoms with Crippen molar-refractivity contribution < 1.29 is 18.0 Å². The fourth-order valence-corrected chi connectivity index (χ4v) is 2.98. The molecular weight excluding hydrogens is 397 g/mol. The predicted molar refractivity (Wildman–Crippen MR) is 107 cm³/mol. The number of fused-ring (bicyclic) bond motifs is 1. The Morgan fingerprint density at radius 2 is 1.60 bits per heavy atom. The van der Waals surface area contributed by atoms with Crippen molar-refractivity contribution in [1.29, 1.82) is 0 Å². The number of hydrogen-bond donors (Lipinski definition) is 3. The molecule has 0 spiro atoms. The molecule has 0 atom stereocenters. The zero-order chi connectivity index (χ0) is 21.3. The van der Waals surface area contributed by atoms with Crippen molar-refractivity contribution in [2.45, 2.75) is 6.18 Å². The van der Waals surface area contributed by atoms with Crippen molar-refractivity contribution in [2.24, 2.45) is 0 Å². The first-order chi connectivity index (χ1) is 14.3. The van der Waals surface area contributed by atoms with Gasteiger partial charge in [-0.1, -0.05) is 24.3 Å².